The fraction of sp³-hybridized carbons (Fsp3) is 0.207. The van der Waals surface area contributed by atoms with Gasteiger partial charge in [0.2, 0.25) is 5.82 Å². The molecular formula is C29H28N4O4. The summed E-state index contributed by atoms with van der Waals surface area (Å²) in [6.07, 6.45) is 0. The molecule has 0 fully saturated rings. The lowest BCUT2D eigenvalue weighted by molar-refractivity contribution is 0.244. The van der Waals surface area contributed by atoms with E-state index in [1.165, 1.54) is 0 Å². The topological polar surface area (TPSA) is 89.7 Å². The second-order valence-electron chi connectivity index (χ2n) is 8.96. The molecular weight excluding hydrogens is 468 g/mol. The first-order valence-electron chi connectivity index (χ1n) is 11.9. The van der Waals surface area contributed by atoms with Crippen molar-refractivity contribution in [1.29, 1.82) is 0 Å². The molecule has 0 saturated heterocycles. The SMILES string of the molecule is COc1ccc(-c2noc(C3=C(C)N(c4ccc(C)cc4)C(=O)NC3c3ccc(C)cc3)n2)cc1OC. The molecule has 1 unspecified atom stereocenters. The standard InChI is InChI=1S/C29H28N4O4/c1-17-6-10-20(11-7-17)26-25(19(3)33(29(34)30-26)22-13-8-18(2)9-14-22)28-31-27(32-37-28)21-12-15-23(35-4)24(16-21)36-5/h6-16,26H,1-5H3,(H,30,34). The van der Waals surface area contributed by atoms with Crippen molar-refractivity contribution in [3.63, 3.8) is 0 Å². The van der Waals surface area contributed by atoms with Crippen molar-refractivity contribution in [1.82, 2.24) is 15.5 Å². The van der Waals surface area contributed by atoms with Gasteiger partial charge in [0.25, 0.3) is 5.89 Å². The van der Waals surface area contributed by atoms with Gasteiger partial charge in [0.1, 0.15) is 0 Å². The summed E-state index contributed by atoms with van der Waals surface area (Å²) in [5, 5.41) is 7.39. The van der Waals surface area contributed by atoms with E-state index in [4.69, 9.17) is 19.0 Å². The summed E-state index contributed by atoms with van der Waals surface area (Å²) in [4.78, 5) is 19.7. The highest BCUT2D eigenvalue weighted by molar-refractivity contribution is 6.01. The molecule has 8 heteroatoms. The van der Waals surface area contributed by atoms with Crippen molar-refractivity contribution < 1.29 is 18.8 Å². The molecule has 2 heterocycles. The van der Waals surface area contributed by atoms with Crippen LogP contribution in [0.5, 0.6) is 11.5 Å². The van der Waals surface area contributed by atoms with E-state index in [2.05, 4.69) is 10.5 Å². The molecule has 0 saturated carbocycles. The number of aryl methyl sites for hydroxylation is 2. The predicted octanol–water partition coefficient (Wildman–Crippen LogP) is 6.07. The molecule has 3 aromatic carbocycles. The minimum absolute atomic E-state index is 0.227. The van der Waals surface area contributed by atoms with Crippen LogP contribution in [0, 0.1) is 13.8 Å². The van der Waals surface area contributed by atoms with Crippen molar-refractivity contribution in [3.05, 3.63) is 95.0 Å². The van der Waals surface area contributed by atoms with Crippen LogP contribution in [0.1, 0.15) is 35.5 Å². The lowest BCUT2D eigenvalue weighted by Gasteiger charge is -2.35. The zero-order valence-electron chi connectivity index (χ0n) is 21.4. The summed E-state index contributed by atoms with van der Waals surface area (Å²) in [5.41, 5.74) is 6.06. The number of carbonyl (C=O) groups is 1. The monoisotopic (exact) mass is 496 g/mol. The number of amides is 2. The molecule has 5 rings (SSSR count). The molecule has 1 atom stereocenters. The summed E-state index contributed by atoms with van der Waals surface area (Å²) in [6, 6.07) is 20.6. The van der Waals surface area contributed by atoms with Gasteiger partial charge in [0.05, 0.1) is 31.5 Å². The van der Waals surface area contributed by atoms with Crippen molar-refractivity contribution in [3.8, 4) is 22.9 Å². The molecule has 4 aromatic rings. The highest BCUT2D eigenvalue weighted by Gasteiger charge is 2.36. The zero-order valence-corrected chi connectivity index (χ0v) is 21.4. The Hall–Kier alpha value is -4.59. The van der Waals surface area contributed by atoms with Crippen LogP contribution in [0.25, 0.3) is 17.0 Å². The fourth-order valence-corrected chi connectivity index (χ4v) is 4.46. The van der Waals surface area contributed by atoms with Gasteiger partial charge in [-0.3, -0.25) is 4.90 Å². The van der Waals surface area contributed by atoms with Crippen LogP contribution in [0.4, 0.5) is 10.5 Å². The van der Waals surface area contributed by atoms with Crippen molar-refractivity contribution in [2.75, 3.05) is 19.1 Å². The third-order valence-corrected chi connectivity index (χ3v) is 6.49. The first-order chi connectivity index (χ1) is 17.9. The van der Waals surface area contributed by atoms with Crippen LogP contribution in [0.3, 0.4) is 0 Å². The van der Waals surface area contributed by atoms with E-state index in [0.29, 0.717) is 34.5 Å². The van der Waals surface area contributed by atoms with Gasteiger partial charge in [-0.2, -0.15) is 4.98 Å². The molecule has 0 bridgehead atoms. The maximum atomic E-state index is 13.4. The summed E-state index contributed by atoms with van der Waals surface area (Å²) in [7, 11) is 3.16. The Labute approximate surface area is 215 Å². The molecule has 1 N–H and O–H groups in total. The number of nitrogens with one attached hydrogen (secondary N) is 1. The third kappa shape index (κ3) is 4.53. The number of carbonyl (C=O) groups excluding carboxylic acids is 1. The largest absolute Gasteiger partial charge is 0.493 e. The maximum Gasteiger partial charge on any atom is 0.326 e. The van der Waals surface area contributed by atoms with Gasteiger partial charge in [-0.15, -0.1) is 0 Å². The highest BCUT2D eigenvalue weighted by atomic mass is 16.5. The molecule has 2 amide bonds. The number of hydrogen-bond acceptors (Lipinski definition) is 6. The van der Waals surface area contributed by atoms with Crippen LogP contribution < -0.4 is 19.7 Å². The van der Waals surface area contributed by atoms with Crippen molar-refractivity contribution in [2.45, 2.75) is 26.8 Å². The van der Waals surface area contributed by atoms with Crippen LogP contribution in [0.15, 0.2) is 77.0 Å². The van der Waals surface area contributed by atoms with E-state index < -0.39 is 6.04 Å². The van der Waals surface area contributed by atoms with Gasteiger partial charge < -0.3 is 19.3 Å². The van der Waals surface area contributed by atoms with E-state index in [9.17, 15) is 4.79 Å². The minimum Gasteiger partial charge on any atom is -0.493 e. The Morgan fingerprint density at radius 1 is 0.865 bits per heavy atom. The Balaban J connectivity index is 1.63. The lowest BCUT2D eigenvalue weighted by Crippen LogP contribution is -2.46. The van der Waals surface area contributed by atoms with E-state index >= 15 is 0 Å². The van der Waals surface area contributed by atoms with Gasteiger partial charge in [-0.25, -0.2) is 4.79 Å². The molecule has 8 nitrogen and oxygen atoms in total. The average molecular weight is 497 g/mol. The molecule has 1 aromatic heterocycles. The van der Waals surface area contributed by atoms with Crippen LogP contribution in [-0.4, -0.2) is 30.4 Å². The Morgan fingerprint density at radius 2 is 1.51 bits per heavy atom. The zero-order chi connectivity index (χ0) is 26.1. The highest BCUT2D eigenvalue weighted by Crippen LogP contribution is 2.39. The summed E-state index contributed by atoms with van der Waals surface area (Å²) in [6.45, 7) is 5.93. The maximum absolute atomic E-state index is 13.4. The average Bonchev–Trinajstić information content (AvgIpc) is 3.39. The first-order valence-corrected chi connectivity index (χ1v) is 11.9. The third-order valence-electron chi connectivity index (χ3n) is 6.49. The van der Waals surface area contributed by atoms with Crippen LogP contribution in [0.2, 0.25) is 0 Å². The van der Waals surface area contributed by atoms with E-state index in [-0.39, 0.29) is 6.03 Å². The quantitative estimate of drug-likeness (QED) is 0.348. The number of nitrogens with zero attached hydrogens (tertiary/aromatic N) is 3. The Bertz CT molecular complexity index is 1470. The van der Waals surface area contributed by atoms with Gasteiger partial charge >= 0.3 is 6.03 Å². The fourth-order valence-electron chi connectivity index (χ4n) is 4.46. The van der Waals surface area contributed by atoms with Gasteiger partial charge in [-0.1, -0.05) is 52.7 Å². The summed E-state index contributed by atoms with van der Waals surface area (Å²) < 4.78 is 16.6. The lowest BCUT2D eigenvalue weighted by atomic mass is 9.94. The molecule has 0 spiro atoms. The van der Waals surface area contributed by atoms with Crippen LogP contribution in [-0.2, 0) is 0 Å². The molecule has 188 valence electrons. The molecule has 0 radical (unpaired) electrons. The second kappa shape index (κ2) is 9.81. The second-order valence-corrected chi connectivity index (χ2v) is 8.96. The summed E-state index contributed by atoms with van der Waals surface area (Å²) >= 11 is 0. The minimum atomic E-state index is -0.464. The van der Waals surface area contributed by atoms with Gasteiger partial charge in [-0.05, 0) is 56.7 Å². The van der Waals surface area contributed by atoms with Crippen molar-refractivity contribution >= 4 is 17.3 Å². The predicted molar refractivity (Wildman–Crippen MR) is 142 cm³/mol. The molecule has 0 aliphatic carbocycles. The molecule has 37 heavy (non-hydrogen) atoms. The van der Waals surface area contributed by atoms with E-state index in [1.54, 1.807) is 31.3 Å². The number of anilines is 1. The number of benzene rings is 3. The number of rotatable bonds is 6. The smallest absolute Gasteiger partial charge is 0.326 e. The summed E-state index contributed by atoms with van der Waals surface area (Å²) in [5.74, 6) is 1.90. The molecule has 1 aliphatic heterocycles. The van der Waals surface area contributed by atoms with Gasteiger partial charge in [0.15, 0.2) is 11.5 Å². The number of hydrogen-bond donors (Lipinski definition) is 1. The number of allylic oxidation sites excluding steroid dienone is 1. The van der Waals surface area contributed by atoms with Crippen LogP contribution >= 0.6 is 0 Å². The first kappa shape index (κ1) is 24.1. The number of aromatic nitrogens is 2. The Kier molecular flexibility index (Phi) is 6.40. The Morgan fingerprint density at radius 3 is 2.16 bits per heavy atom. The van der Waals surface area contributed by atoms with E-state index in [0.717, 1.165) is 28.0 Å². The normalized spacial score (nSPS) is 15.5. The van der Waals surface area contributed by atoms with Gasteiger partial charge in [0, 0.05) is 11.3 Å². The number of urea groups is 1. The van der Waals surface area contributed by atoms with Crippen molar-refractivity contribution in [2.24, 2.45) is 0 Å². The molecule has 1 aliphatic rings. The number of ether oxygens (including phenoxy) is 2. The van der Waals surface area contributed by atoms with E-state index in [1.807, 2.05) is 75.4 Å². The number of methoxy groups -OCH3 is 2.